The number of benzene rings is 3. The lowest BCUT2D eigenvalue weighted by Crippen LogP contribution is -2.21. The number of thioether (sulfide) groups is 1. The lowest BCUT2D eigenvalue weighted by atomic mass is 10.1. The van der Waals surface area contributed by atoms with E-state index >= 15 is 0 Å². The zero-order valence-corrected chi connectivity index (χ0v) is 21.3. The first-order valence-corrected chi connectivity index (χ1v) is 12.6. The van der Waals surface area contributed by atoms with Crippen LogP contribution in [0, 0.1) is 0 Å². The number of fused-ring (bicyclic) bond motifs is 1. The molecule has 0 unspecified atom stereocenters. The smallest absolute Gasteiger partial charge is 0.338 e. The molecule has 0 saturated carbocycles. The van der Waals surface area contributed by atoms with Gasteiger partial charge in [0, 0.05) is 20.7 Å². The molecule has 0 radical (unpaired) electrons. The van der Waals surface area contributed by atoms with E-state index in [1.54, 1.807) is 55.5 Å². The fraction of sp³-hybridized carbons (Fsp3) is 0.111. The van der Waals surface area contributed by atoms with Crippen LogP contribution in [0.3, 0.4) is 0 Å². The number of rotatable bonds is 8. The molecule has 0 aliphatic heterocycles. The molecule has 3 aromatic carbocycles. The number of hydrogen-bond donors (Lipinski definition) is 2. The highest BCUT2D eigenvalue weighted by Gasteiger charge is 2.17. The maximum atomic E-state index is 13.2. The SMILES string of the molecule is CCOC(=O)c1ccc(-n2c(O)c(/C=N\NC(=O)CSc3ccc(Cl)cc3)c3ccccc3c2=O)cc1. The van der Waals surface area contributed by atoms with Crippen LogP contribution < -0.4 is 11.0 Å². The van der Waals surface area contributed by atoms with Gasteiger partial charge in [-0.3, -0.25) is 9.59 Å². The van der Waals surface area contributed by atoms with Crippen molar-refractivity contribution in [3.05, 3.63) is 99.3 Å². The molecule has 4 aromatic rings. The van der Waals surface area contributed by atoms with Gasteiger partial charge >= 0.3 is 5.97 Å². The van der Waals surface area contributed by atoms with Crippen molar-refractivity contribution in [3.63, 3.8) is 0 Å². The van der Waals surface area contributed by atoms with Gasteiger partial charge in [-0.25, -0.2) is 14.8 Å². The van der Waals surface area contributed by atoms with Crippen molar-refractivity contribution in [3.8, 4) is 11.6 Å². The van der Waals surface area contributed by atoms with E-state index in [2.05, 4.69) is 10.5 Å². The summed E-state index contributed by atoms with van der Waals surface area (Å²) >= 11 is 7.20. The molecule has 0 bridgehead atoms. The number of nitrogens with one attached hydrogen (secondary N) is 1. The number of hydrazone groups is 1. The molecular weight excluding hydrogens is 514 g/mol. The van der Waals surface area contributed by atoms with Gasteiger partial charge in [0.05, 0.1) is 35.4 Å². The van der Waals surface area contributed by atoms with E-state index in [-0.39, 0.29) is 29.7 Å². The van der Waals surface area contributed by atoms with Gasteiger partial charge in [0.2, 0.25) is 11.8 Å². The van der Waals surface area contributed by atoms with E-state index in [0.717, 1.165) is 9.46 Å². The highest BCUT2D eigenvalue weighted by molar-refractivity contribution is 8.00. The molecule has 1 aromatic heterocycles. The van der Waals surface area contributed by atoms with E-state index in [1.807, 2.05) is 12.1 Å². The molecular formula is C27H22ClN3O5S. The monoisotopic (exact) mass is 535 g/mol. The second-order valence-electron chi connectivity index (χ2n) is 7.73. The zero-order chi connectivity index (χ0) is 26.4. The van der Waals surface area contributed by atoms with Gasteiger partial charge in [0.1, 0.15) is 0 Å². The summed E-state index contributed by atoms with van der Waals surface area (Å²) in [6.07, 6.45) is 1.30. The quantitative estimate of drug-likeness (QED) is 0.146. The highest BCUT2D eigenvalue weighted by atomic mass is 35.5. The van der Waals surface area contributed by atoms with E-state index in [0.29, 0.717) is 27.0 Å². The molecule has 0 aliphatic rings. The number of carbonyl (C=O) groups is 2. The maximum Gasteiger partial charge on any atom is 0.338 e. The summed E-state index contributed by atoms with van der Waals surface area (Å²) in [5, 5.41) is 16.5. The Morgan fingerprint density at radius 3 is 2.41 bits per heavy atom. The number of aromatic nitrogens is 1. The number of nitrogens with zero attached hydrogens (tertiary/aromatic N) is 2. The number of hydrogen-bond acceptors (Lipinski definition) is 7. The van der Waals surface area contributed by atoms with E-state index < -0.39 is 11.5 Å². The van der Waals surface area contributed by atoms with Crippen molar-refractivity contribution in [2.75, 3.05) is 12.4 Å². The van der Waals surface area contributed by atoms with Crippen LogP contribution in [0.15, 0.2) is 87.6 Å². The number of carbonyl (C=O) groups excluding carboxylic acids is 2. The van der Waals surface area contributed by atoms with Crippen molar-refractivity contribution < 1.29 is 19.4 Å². The molecule has 2 N–H and O–H groups in total. The Labute approximate surface area is 221 Å². The van der Waals surface area contributed by atoms with Crippen LogP contribution in [0.5, 0.6) is 5.88 Å². The first-order valence-electron chi connectivity index (χ1n) is 11.2. The van der Waals surface area contributed by atoms with E-state index in [4.69, 9.17) is 16.3 Å². The Bertz CT molecular complexity index is 1530. The number of amides is 1. The molecule has 188 valence electrons. The molecule has 4 rings (SSSR count). The number of halogens is 1. The molecule has 0 saturated heterocycles. The summed E-state index contributed by atoms with van der Waals surface area (Å²) < 4.78 is 6.11. The summed E-state index contributed by atoms with van der Waals surface area (Å²) in [6.45, 7) is 1.95. The van der Waals surface area contributed by atoms with Crippen molar-refractivity contribution >= 4 is 52.2 Å². The third-order valence-electron chi connectivity index (χ3n) is 5.31. The third kappa shape index (κ3) is 6.02. The predicted molar refractivity (Wildman–Crippen MR) is 145 cm³/mol. The average molecular weight is 536 g/mol. The summed E-state index contributed by atoms with van der Waals surface area (Å²) in [4.78, 5) is 38.4. The number of esters is 1. The Kier molecular flexibility index (Phi) is 8.27. The van der Waals surface area contributed by atoms with Crippen molar-refractivity contribution in [2.45, 2.75) is 11.8 Å². The summed E-state index contributed by atoms with van der Waals surface area (Å²) in [5.41, 5.74) is 2.91. The largest absolute Gasteiger partial charge is 0.494 e. The van der Waals surface area contributed by atoms with Gasteiger partial charge in [-0.1, -0.05) is 29.8 Å². The molecule has 1 amide bonds. The van der Waals surface area contributed by atoms with Crippen LogP contribution in [0.2, 0.25) is 5.02 Å². The topological polar surface area (TPSA) is 110 Å². The van der Waals surface area contributed by atoms with Crippen LogP contribution in [0.4, 0.5) is 0 Å². The maximum absolute atomic E-state index is 13.2. The summed E-state index contributed by atoms with van der Waals surface area (Å²) in [5.74, 6) is -1.07. The summed E-state index contributed by atoms with van der Waals surface area (Å²) in [6, 6.07) is 20.0. The van der Waals surface area contributed by atoms with Gasteiger partial charge in [-0.15, -0.1) is 11.8 Å². The van der Waals surface area contributed by atoms with Crippen LogP contribution in [-0.4, -0.2) is 40.1 Å². The minimum Gasteiger partial charge on any atom is -0.494 e. The number of ether oxygens (including phenoxy) is 1. The van der Waals surface area contributed by atoms with Gasteiger partial charge in [0.15, 0.2) is 0 Å². The molecule has 0 spiro atoms. The van der Waals surface area contributed by atoms with Gasteiger partial charge in [-0.05, 0) is 61.5 Å². The van der Waals surface area contributed by atoms with Crippen LogP contribution in [0.1, 0.15) is 22.8 Å². The van der Waals surface area contributed by atoms with Crippen molar-refractivity contribution in [2.24, 2.45) is 5.10 Å². The van der Waals surface area contributed by atoms with Crippen LogP contribution in [0.25, 0.3) is 16.5 Å². The van der Waals surface area contributed by atoms with Crippen LogP contribution in [-0.2, 0) is 9.53 Å². The van der Waals surface area contributed by atoms with E-state index in [9.17, 15) is 19.5 Å². The average Bonchev–Trinajstić information content (AvgIpc) is 2.91. The highest BCUT2D eigenvalue weighted by Crippen LogP contribution is 2.26. The molecule has 0 fully saturated rings. The third-order valence-corrected chi connectivity index (χ3v) is 6.57. The Morgan fingerprint density at radius 2 is 1.73 bits per heavy atom. The molecule has 0 atom stereocenters. The second-order valence-corrected chi connectivity index (χ2v) is 9.21. The van der Waals surface area contributed by atoms with Gasteiger partial charge in [0.25, 0.3) is 5.56 Å². The Hall–Kier alpha value is -4.08. The molecule has 8 nitrogen and oxygen atoms in total. The second kappa shape index (κ2) is 11.8. The van der Waals surface area contributed by atoms with Gasteiger partial charge < -0.3 is 9.84 Å². The molecule has 10 heteroatoms. The Morgan fingerprint density at radius 1 is 1.05 bits per heavy atom. The summed E-state index contributed by atoms with van der Waals surface area (Å²) in [7, 11) is 0. The lowest BCUT2D eigenvalue weighted by molar-refractivity contribution is -0.118. The number of aromatic hydroxyl groups is 1. The fourth-order valence-corrected chi connectivity index (χ4v) is 4.39. The van der Waals surface area contributed by atoms with Crippen molar-refractivity contribution in [1.29, 1.82) is 0 Å². The number of pyridine rings is 1. The van der Waals surface area contributed by atoms with Gasteiger partial charge in [-0.2, -0.15) is 5.10 Å². The predicted octanol–water partition coefficient (Wildman–Crippen LogP) is 4.77. The van der Waals surface area contributed by atoms with Crippen molar-refractivity contribution in [1.82, 2.24) is 9.99 Å². The Balaban J connectivity index is 1.61. The molecule has 1 heterocycles. The molecule has 37 heavy (non-hydrogen) atoms. The minimum atomic E-state index is -0.484. The van der Waals surface area contributed by atoms with E-state index in [1.165, 1.54) is 30.1 Å². The molecule has 0 aliphatic carbocycles. The minimum absolute atomic E-state index is 0.123. The standard InChI is InChI=1S/C27H22ClN3O5S/c1-2-36-27(35)17-7-11-19(12-8-17)31-25(33)22-6-4-3-5-21(22)23(26(31)34)15-29-30-24(32)16-37-20-13-9-18(28)10-14-20/h3-15,34H,2,16H2,1H3,(H,30,32)/b29-15-. The lowest BCUT2D eigenvalue weighted by Gasteiger charge is -2.14. The van der Waals surface area contributed by atoms with Crippen LogP contribution >= 0.6 is 23.4 Å². The first kappa shape index (κ1) is 26.0. The zero-order valence-electron chi connectivity index (χ0n) is 19.7. The fourth-order valence-electron chi connectivity index (χ4n) is 3.57. The first-order chi connectivity index (χ1) is 17.9. The normalized spacial score (nSPS) is 11.1.